The van der Waals surface area contributed by atoms with Gasteiger partial charge in [-0.2, -0.15) is 5.26 Å². The molecule has 112 valence electrons. The number of nitrogens with one attached hydrogen (secondary N) is 2. The first-order valence-electron chi connectivity index (χ1n) is 6.40. The number of rotatable bonds is 5. The molecule has 21 heavy (non-hydrogen) atoms. The molecule has 1 rings (SSSR count). The van der Waals surface area contributed by atoms with Crippen LogP contribution in [-0.2, 0) is 4.74 Å². The van der Waals surface area contributed by atoms with E-state index in [1.165, 1.54) is 5.01 Å². The van der Waals surface area contributed by atoms with E-state index < -0.39 is 0 Å². The predicted octanol–water partition coefficient (Wildman–Crippen LogP) is 1.05. The monoisotopic (exact) mass is 306 g/mol. The topological polar surface area (TPSA) is 77.4 Å². The van der Waals surface area contributed by atoms with Crippen molar-refractivity contribution < 1.29 is 9.53 Å². The first kappa shape index (κ1) is 16.9. The number of hydrogen-bond donors (Lipinski definition) is 2. The summed E-state index contributed by atoms with van der Waals surface area (Å²) in [6.07, 6.45) is 0.827. The van der Waals surface area contributed by atoms with Crippen molar-refractivity contribution in [3.05, 3.63) is 35.4 Å². The van der Waals surface area contributed by atoms with Gasteiger partial charge in [-0.1, -0.05) is 0 Å². The summed E-state index contributed by atoms with van der Waals surface area (Å²) in [5, 5.41) is 13.6. The number of hydrazine groups is 1. The van der Waals surface area contributed by atoms with E-state index in [0.29, 0.717) is 29.4 Å². The highest BCUT2D eigenvalue weighted by Crippen LogP contribution is 2.03. The fourth-order valence-corrected chi connectivity index (χ4v) is 1.64. The minimum Gasteiger partial charge on any atom is -0.385 e. The number of ether oxygens (including phenoxy) is 1. The third-order valence-electron chi connectivity index (χ3n) is 2.65. The molecule has 0 bridgehead atoms. The van der Waals surface area contributed by atoms with Crippen molar-refractivity contribution in [2.24, 2.45) is 0 Å². The summed E-state index contributed by atoms with van der Waals surface area (Å²) in [6, 6.07) is 8.38. The van der Waals surface area contributed by atoms with Gasteiger partial charge in [0.05, 0.1) is 11.6 Å². The van der Waals surface area contributed by atoms with Crippen LogP contribution in [0.3, 0.4) is 0 Å². The first-order chi connectivity index (χ1) is 10.1. The van der Waals surface area contributed by atoms with Crippen molar-refractivity contribution in [3.8, 4) is 6.07 Å². The van der Waals surface area contributed by atoms with Crippen molar-refractivity contribution in [1.29, 1.82) is 5.26 Å². The molecule has 0 saturated heterocycles. The maximum atomic E-state index is 12.0. The Morgan fingerprint density at radius 1 is 1.43 bits per heavy atom. The molecule has 0 aliphatic heterocycles. The van der Waals surface area contributed by atoms with E-state index in [-0.39, 0.29) is 5.91 Å². The predicted molar refractivity (Wildman–Crippen MR) is 83.5 cm³/mol. The Morgan fingerprint density at radius 2 is 2.10 bits per heavy atom. The van der Waals surface area contributed by atoms with Gasteiger partial charge in [-0.3, -0.25) is 15.2 Å². The molecule has 1 aromatic carbocycles. The van der Waals surface area contributed by atoms with Crippen LogP contribution in [0.2, 0.25) is 0 Å². The minimum absolute atomic E-state index is 0.289. The van der Waals surface area contributed by atoms with Gasteiger partial charge in [0.2, 0.25) is 0 Å². The summed E-state index contributed by atoms with van der Waals surface area (Å²) in [7, 11) is 3.30. The molecule has 0 radical (unpaired) electrons. The van der Waals surface area contributed by atoms with E-state index in [2.05, 4.69) is 10.7 Å². The Bertz CT molecular complexity index is 525. The Morgan fingerprint density at radius 3 is 2.67 bits per heavy atom. The highest BCUT2D eigenvalue weighted by atomic mass is 32.1. The van der Waals surface area contributed by atoms with E-state index in [9.17, 15) is 4.79 Å². The summed E-state index contributed by atoms with van der Waals surface area (Å²) in [5.41, 5.74) is 3.62. The summed E-state index contributed by atoms with van der Waals surface area (Å²) in [4.78, 5) is 12.0. The molecule has 0 heterocycles. The van der Waals surface area contributed by atoms with Gasteiger partial charge >= 0.3 is 0 Å². The molecule has 2 N–H and O–H groups in total. The van der Waals surface area contributed by atoms with Gasteiger partial charge in [0.25, 0.3) is 5.91 Å². The van der Waals surface area contributed by atoms with Gasteiger partial charge in [0, 0.05) is 32.9 Å². The van der Waals surface area contributed by atoms with Crippen LogP contribution in [0.15, 0.2) is 24.3 Å². The summed E-state index contributed by atoms with van der Waals surface area (Å²) >= 11 is 5.15. The van der Waals surface area contributed by atoms with Gasteiger partial charge in [0.15, 0.2) is 5.11 Å². The van der Waals surface area contributed by atoms with Crippen molar-refractivity contribution in [2.45, 2.75) is 6.42 Å². The Labute approximate surface area is 129 Å². The number of nitrogens with zero attached hydrogens (tertiary/aromatic N) is 2. The van der Waals surface area contributed by atoms with Crippen LogP contribution < -0.4 is 10.7 Å². The average molecular weight is 306 g/mol. The molecule has 0 spiro atoms. The molecule has 0 fully saturated rings. The Balaban J connectivity index is 2.45. The molecule has 6 nitrogen and oxygen atoms in total. The van der Waals surface area contributed by atoms with E-state index in [1.54, 1.807) is 38.4 Å². The van der Waals surface area contributed by atoms with E-state index in [1.807, 2.05) is 6.07 Å². The van der Waals surface area contributed by atoms with Crippen LogP contribution in [0, 0.1) is 11.3 Å². The molecule has 0 aliphatic rings. The number of hydrogen-bond acceptors (Lipinski definition) is 4. The largest absolute Gasteiger partial charge is 0.385 e. The molecular formula is C14H18N4O2S. The summed E-state index contributed by atoms with van der Waals surface area (Å²) < 4.78 is 4.94. The third kappa shape index (κ3) is 5.77. The van der Waals surface area contributed by atoms with Crippen LogP contribution in [0.1, 0.15) is 22.3 Å². The molecule has 0 saturated carbocycles. The number of thiocarbonyl (C=S) groups is 1. The Kier molecular flexibility index (Phi) is 7.15. The van der Waals surface area contributed by atoms with Crippen LogP contribution in [0.25, 0.3) is 0 Å². The van der Waals surface area contributed by atoms with Crippen LogP contribution in [0.5, 0.6) is 0 Å². The lowest BCUT2D eigenvalue weighted by molar-refractivity contribution is 0.0886. The third-order valence-corrected chi connectivity index (χ3v) is 3.07. The second kappa shape index (κ2) is 8.89. The Hall–Kier alpha value is -2.17. The normalized spacial score (nSPS) is 9.57. The van der Waals surface area contributed by atoms with Crippen molar-refractivity contribution in [3.63, 3.8) is 0 Å². The minimum atomic E-state index is -0.289. The number of methoxy groups -OCH3 is 1. The molecule has 0 unspecified atom stereocenters. The zero-order chi connectivity index (χ0) is 15.7. The highest BCUT2D eigenvalue weighted by Gasteiger charge is 2.10. The van der Waals surface area contributed by atoms with Gasteiger partial charge in [-0.05, 0) is 42.9 Å². The molecule has 7 heteroatoms. The lowest BCUT2D eigenvalue weighted by Gasteiger charge is -2.21. The van der Waals surface area contributed by atoms with Gasteiger partial charge < -0.3 is 10.1 Å². The zero-order valence-corrected chi connectivity index (χ0v) is 12.9. The fourth-order valence-electron chi connectivity index (χ4n) is 1.49. The van der Waals surface area contributed by atoms with Crippen LogP contribution in [-0.4, -0.2) is 43.3 Å². The molecule has 1 aromatic rings. The number of benzene rings is 1. The molecule has 0 aromatic heterocycles. The van der Waals surface area contributed by atoms with E-state index in [4.69, 9.17) is 22.2 Å². The second-order valence-corrected chi connectivity index (χ2v) is 4.65. The first-order valence-corrected chi connectivity index (χ1v) is 6.81. The lowest BCUT2D eigenvalue weighted by Crippen LogP contribution is -2.48. The van der Waals surface area contributed by atoms with E-state index >= 15 is 0 Å². The van der Waals surface area contributed by atoms with Gasteiger partial charge in [-0.25, -0.2) is 0 Å². The average Bonchev–Trinajstić information content (AvgIpc) is 2.51. The highest BCUT2D eigenvalue weighted by molar-refractivity contribution is 7.80. The SMILES string of the molecule is COCCCNC(=S)N(C)NC(=O)c1ccc(C#N)cc1. The zero-order valence-electron chi connectivity index (χ0n) is 12.0. The van der Waals surface area contributed by atoms with Crippen LogP contribution in [0.4, 0.5) is 0 Å². The standard InChI is InChI=1S/C14H18N4O2S/c1-18(14(21)16-8-3-9-20-2)17-13(19)12-6-4-11(10-15)5-7-12/h4-7H,3,8-9H2,1-2H3,(H,16,21)(H,17,19). The van der Waals surface area contributed by atoms with E-state index in [0.717, 1.165) is 6.42 Å². The molecule has 0 aliphatic carbocycles. The quantitative estimate of drug-likeness (QED) is 0.481. The van der Waals surface area contributed by atoms with Crippen molar-refractivity contribution in [2.75, 3.05) is 27.3 Å². The maximum Gasteiger partial charge on any atom is 0.269 e. The number of carbonyl (C=O) groups is 1. The molecule has 0 atom stereocenters. The van der Waals surface area contributed by atoms with Crippen molar-refractivity contribution >= 4 is 23.2 Å². The van der Waals surface area contributed by atoms with Crippen molar-refractivity contribution in [1.82, 2.24) is 15.8 Å². The van der Waals surface area contributed by atoms with Gasteiger partial charge in [-0.15, -0.1) is 0 Å². The summed E-state index contributed by atoms with van der Waals surface area (Å²) in [5.74, 6) is -0.289. The number of amides is 1. The smallest absolute Gasteiger partial charge is 0.269 e. The fraction of sp³-hybridized carbons (Fsp3) is 0.357. The molecular weight excluding hydrogens is 288 g/mol. The second-order valence-electron chi connectivity index (χ2n) is 4.27. The number of carbonyl (C=O) groups excluding carboxylic acids is 1. The number of nitriles is 1. The maximum absolute atomic E-state index is 12.0. The molecule has 1 amide bonds. The summed E-state index contributed by atoms with van der Waals surface area (Å²) in [6.45, 7) is 1.32. The van der Waals surface area contributed by atoms with Gasteiger partial charge in [0.1, 0.15) is 0 Å². The lowest BCUT2D eigenvalue weighted by atomic mass is 10.1. The van der Waals surface area contributed by atoms with Crippen LogP contribution >= 0.6 is 12.2 Å².